The summed E-state index contributed by atoms with van der Waals surface area (Å²) in [5, 5.41) is 0. The van der Waals surface area contributed by atoms with Crippen LogP contribution >= 0.6 is 0 Å². The van der Waals surface area contributed by atoms with Crippen LogP contribution in [0, 0.1) is 14.9 Å². The molecule has 0 atom stereocenters. The molecule has 0 aromatic rings. The van der Waals surface area contributed by atoms with Crippen LogP contribution in [0.5, 0.6) is 0 Å². The van der Waals surface area contributed by atoms with Crippen LogP contribution in [-0.4, -0.2) is 61.2 Å². The molecular formula is C20H60Al2Mn2N2Si4. The van der Waals surface area contributed by atoms with E-state index in [0.29, 0.717) is 0 Å². The van der Waals surface area contributed by atoms with Gasteiger partial charge in [0, 0.05) is 0 Å². The van der Waals surface area contributed by atoms with Crippen LogP contribution in [0.1, 0.15) is 0 Å². The third-order valence-corrected chi connectivity index (χ3v) is 12.1. The summed E-state index contributed by atoms with van der Waals surface area (Å²) < 4.78 is 9.64. The van der Waals surface area contributed by atoms with Gasteiger partial charge in [-0.25, -0.2) is 0 Å². The zero-order chi connectivity index (χ0) is 22.6. The molecule has 0 aromatic carbocycles. The summed E-state index contributed by atoms with van der Waals surface area (Å²) in [6.45, 7) is 27.6. The molecule has 0 spiro atoms. The van der Waals surface area contributed by atoms with Crippen molar-refractivity contribution in [2.45, 2.75) is 113 Å². The average Bonchev–Trinajstić information content (AvgIpc) is 2.00. The smallest absolute Gasteiger partial charge is 0.668 e. The van der Waals surface area contributed by atoms with Crippen LogP contribution < -0.4 is 0 Å². The third-order valence-electron chi connectivity index (χ3n) is 1.34. The van der Waals surface area contributed by atoms with Crippen LogP contribution in [0.15, 0.2) is 0 Å². The number of nitrogens with zero attached hydrogens (tertiary/aromatic N) is 2. The molecule has 0 aromatic heterocycles. The minimum atomic E-state index is -1.11. The van der Waals surface area contributed by atoms with Gasteiger partial charge in [0.2, 0.25) is 0 Å². The van der Waals surface area contributed by atoms with Crippen LogP contribution in [0.3, 0.4) is 0 Å². The summed E-state index contributed by atoms with van der Waals surface area (Å²) in [6.07, 6.45) is 0. The maximum atomic E-state index is 4.82. The van der Waals surface area contributed by atoms with E-state index < -0.39 is 32.9 Å². The largest absolute Gasteiger partial charge is 2.00 e. The van der Waals surface area contributed by atoms with Crippen LogP contribution in [0.4, 0.5) is 0 Å². The maximum Gasteiger partial charge on any atom is 2.00 e. The van der Waals surface area contributed by atoms with Gasteiger partial charge in [0.05, 0.1) is 0 Å². The Labute approximate surface area is 230 Å². The summed E-state index contributed by atoms with van der Waals surface area (Å²) in [6, 6.07) is 0. The van der Waals surface area contributed by atoms with E-state index in [-0.39, 0.29) is 77.3 Å². The van der Waals surface area contributed by atoms with Crippen molar-refractivity contribution in [2.75, 3.05) is 0 Å². The van der Waals surface area contributed by atoms with Gasteiger partial charge in [0.25, 0.3) is 28.3 Å². The fraction of sp³-hybridized carbons (Fsp3) is 0.900. The van der Waals surface area contributed by atoms with E-state index >= 15 is 0 Å². The van der Waals surface area contributed by atoms with Gasteiger partial charge in [0.1, 0.15) is 0 Å². The van der Waals surface area contributed by atoms with Crippen LogP contribution in [0.2, 0.25) is 113 Å². The Bertz CT molecular complexity index is 263. The van der Waals surface area contributed by atoms with Gasteiger partial charge in [0.15, 0.2) is 0 Å². The molecule has 2 radical (unpaired) electrons. The molecule has 0 bridgehead atoms. The Hall–Kier alpha value is 2.89. The second-order valence-electron chi connectivity index (χ2n) is 12.4. The Morgan fingerprint density at radius 1 is 0.367 bits per heavy atom. The molecule has 30 heavy (non-hydrogen) atoms. The number of hydrogen-bond donors (Lipinski definition) is 0. The van der Waals surface area contributed by atoms with Gasteiger partial charge in [-0.15, -0.1) is 34.7 Å². The minimum Gasteiger partial charge on any atom is -0.668 e. The molecule has 0 aliphatic carbocycles. The quantitative estimate of drug-likeness (QED) is 0.226. The maximum absolute atomic E-state index is 4.82. The fourth-order valence-electron chi connectivity index (χ4n) is 2.01. The fourth-order valence-corrected chi connectivity index (χ4v) is 18.1. The molecule has 0 heterocycles. The second-order valence-corrected chi connectivity index (χ2v) is 38.5. The minimum absolute atomic E-state index is 0. The average molecular weight is 605 g/mol. The van der Waals surface area contributed by atoms with E-state index in [1.54, 1.807) is 0 Å². The second kappa shape index (κ2) is 25.0. The van der Waals surface area contributed by atoms with E-state index in [4.69, 9.17) is 9.30 Å². The summed E-state index contributed by atoms with van der Waals surface area (Å²) in [7, 11) is -4.42. The normalized spacial score (nSPS) is 10.2. The summed E-state index contributed by atoms with van der Waals surface area (Å²) in [5.74, 6) is 13.8. The van der Waals surface area contributed by atoms with Crippen LogP contribution in [0.25, 0.3) is 9.30 Å². The van der Waals surface area contributed by atoms with E-state index in [9.17, 15) is 0 Å². The molecule has 186 valence electrons. The standard InChI is InChI=1S/2C6H18NSi2.8CH3.2Al.2Mn/c2*1-8(2,3)7-9(4,5)6;;;;;;;;;;;;/h2*1-6H3;8*1H3;;;;/q2*-1;;;;;;;2*-1;;;2*+2. The molecule has 0 saturated carbocycles. The molecule has 0 rings (SSSR count). The topological polar surface area (TPSA) is 28.2 Å². The molecule has 0 amide bonds. The van der Waals surface area contributed by atoms with Gasteiger partial charge in [-0.2, -0.15) is 0 Å². The Kier molecular flexibility index (Phi) is 45.0. The Morgan fingerprint density at radius 3 is 0.433 bits per heavy atom. The van der Waals surface area contributed by atoms with E-state index in [0.717, 1.165) is 0 Å². The molecule has 10 heteroatoms. The first-order chi connectivity index (χ1) is 10.9. The SMILES string of the molecule is C[Si](C)(C)[N-][Si](C)(C)C.C[Si](C)(C)[N-][Si](C)(C)C.[CH3-].[CH3-].[CH3][Al]([CH3])[CH3].[CH3][Al]([CH3])[CH3].[Mn+2].[Mn+2]. The molecule has 0 unspecified atom stereocenters. The van der Waals surface area contributed by atoms with Gasteiger partial charge in [-0.1, -0.05) is 112 Å². The molecule has 0 fully saturated rings. The van der Waals surface area contributed by atoms with Crippen LogP contribution in [-0.2, 0) is 34.1 Å². The molecule has 0 saturated heterocycles. The summed E-state index contributed by atoms with van der Waals surface area (Å²) in [4.78, 5) is 0. The predicted octanol–water partition coefficient (Wildman–Crippen LogP) is 9.70. The van der Waals surface area contributed by atoms with Crippen molar-refractivity contribution in [3.8, 4) is 0 Å². The van der Waals surface area contributed by atoms with Crippen molar-refractivity contribution < 1.29 is 34.1 Å². The first-order valence-electron chi connectivity index (χ1n) is 10.4. The Morgan fingerprint density at radius 2 is 0.433 bits per heavy atom. The zero-order valence-electron chi connectivity index (χ0n) is 24.8. The first kappa shape index (κ1) is 54.0. The molecule has 0 aliphatic rings. The number of rotatable bonds is 4. The Balaban J connectivity index is -0.0000000364. The van der Waals surface area contributed by atoms with Gasteiger partial charge < -0.3 is 24.1 Å². The van der Waals surface area contributed by atoms with Gasteiger partial charge in [-0.05, 0) is 0 Å². The van der Waals surface area contributed by atoms with Gasteiger partial charge in [-0.3, -0.25) is 0 Å². The first-order valence-corrected chi connectivity index (χ1v) is 31.1. The summed E-state index contributed by atoms with van der Waals surface area (Å²) >= 11 is -0.278. The molecule has 2 nitrogen and oxygen atoms in total. The van der Waals surface area contributed by atoms with Crippen molar-refractivity contribution in [3.05, 3.63) is 24.1 Å². The van der Waals surface area contributed by atoms with Crippen molar-refractivity contribution in [3.63, 3.8) is 0 Å². The predicted molar refractivity (Wildman–Crippen MR) is 160 cm³/mol. The van der Waals surface area contributed by atoms with Crippen molar-refractivity contribution in [1.29, 1.82) is 0 Å². The van der Waals surface area contributed by atoms with E-state index in [1.165, 1.54) is 0 Å². The monoisotopic (exact) mass is 604 g/mol. The van der Waals surface area contributed by atoms with E-state index in [2.05, 4.69) is 113 Å². The number of hydrogen-bond acceptors (Lipinski definition) is 0. The van der Waals surface area contributed by atoms with E-state index in [1.807, 2.05) is 0 Å². The molecule has 0 N–H and O–H groups in total. The third kappa shape index (κ3) is 124. The van der Waals surface area contributed by atoms with Gasteiger partial charge >= 0.3 is 34.1 Å². The summed E-state index contributed by atoms with van der Waals surface area (Å²) in [5.41, 5.74) is 0. The zero-order valence-corrected chi connectivity index (χ0v) is 33.5. The van der Waals surface area contributed by atoms with Crippen molar-refractivity contribution in [1.82, 2.24) is 0 Å². The van der Waals surface area contributed by atoms with Crippen molar-refractivity contribution in [2.24, 2.45) is 0 Å². The van der Waals surface area contributed by atoms with Crippen molar-refractivity contribution >= 4 is 61.2 Å². The molecule has 0 aliphatic heterocycles. The molecular weight excluding hydrogens is 544 g/mol.